The SMILES string of the molecule is CN(CCC(=O)O)C(=O)COc1ccc(C=O)cc1. The molecule has 1 aromatic carbocycles. The first-order valence-electron chi connectivity index (χ1n) is 5.66. The standard InChI is InChI=1S/C13H15NO5/c1-14(7-6-13(17)18)12(16)9-19-11-4-2-10(8-15)3-5-11/h2-5,8H,6-7,9H2,1H3,(H,17,18). The van der Waals surface area contributed by atoms with E-state index in [0.29, 0.717) is 17.6 Å². The van der Waals surface area contributed by atoms with Crippen LogP contribution in [0.5, 0.6) is 5.75 Å². The van der Waals surface area contributed by atoms with Crippen molar-refractivity contribution in [3.63, 3.8) is 0 Å². The Labute approximate surface area is 110 Å². The Kier molecular flexibility index (Phi) is 5.53. The summed E-state index contributed by atoms with van der Waals surface area (Å²) in [6.07, 6.45) is 0.616. The lowest BCUT2D eigenvalue weighted by Gasteiger charge is -2.16. The predicted molar refractivity (Wildman–Crippen MR) is 67.2 cm³/mol. The Balaban J connectivity index is 2.40. The van der Waals surface area contributed by atoms with Crippen molar-refractivity contribution >= 4 is 18.2 Å². The van der Waals surface area contributed by atoms with Crippen LogP contribution < -0.4 is 4.74 Å². The summed E-state index contributed by atoms with van der Waals surface area (Å²) in [7, 11) is 1.52. The summed E-state index contributed by atoms with van der Waals surface area (Å²) in [6.45, 7) is -0.0296. The molecule has 0 fully saturated rings. The maximum atomic E-state index is 11.6. The van der Waals surface area contributed by atoms with Gasteiger partial charge in [-0.3, -0.25) is 14.4 Å². The van der Waals surface area contributed by atoms with Crippen molar-refractivity contribution < 1.29 is 24.2 Å². The van der Waals surface area contributed by atoms with E-state index in [1.807, 2.05) is 0 Å². The molecule has 0 aliphatic carbocycles. The van der Waals surface area contributed by atoms with E-state index in [9.17, 15) is 14.4 Å². The van der Waals surface area contributed by atoms with E-state index in [4.69, 9.17) is 9.84 Å². The largest absolute Gasteiger partial charge is 0.484 e. The van der Waals surface area contributed by atoms with Crippen LogP contribution in [0, 0.1) is 0 Å². The van der Waals surface area contributed by atoms with Gasteiger partial charge in [0.1, 0.15) is 12.0 Å². The Morgan fingerprint density at radius 2 is 1.95 bits per heavy atom. The van der Waals surface area contributed by atoms with E-state index in [2.05, 4.69) is 0 Å². The van der Waals surface area contributed by atoms with Crippen molar-refractivity contribution in [3.8, 4) is 5.75 Å². The predicted octanol–water partition coefficient (Wildman–Crippen LogP) is 0.811. The second kappa shape index (κ2) is 7.15. The minimum atomic E-state index is -0.954. The number of carbonyl (C=O) groups excluding carboxylic acids is 2. The first-order chi connectivity index (χ1) is 9.02. The molecule has 102 valence electrons. The number of nitrogens with zero attached hydrogens (tertiary/aromatic N) is 1. The number of aldehydes is 1. The maximum Gasteiger partial charge on any atom is 0.305 e. The number of carbonyl (C=O) groups is 3. The molecule has 0 aliphatic rings. The van der Waals surface area contributed by atoms with E-state index in [1.54, 1.807) is 24.3 Å². The van der Waals surface area contributed by atoms with Gasteiger partial charge in [-0.15, -0.1) is 0 Å². The number of aliphatic carboxylic acids is 1. The van der Waals surface area contributed by atoms with Crippen molar-refractivity contribution in [3.05, 3.63) is 29.8 Å². The number of carboxylic acids is 1. The highest BCUT2D eigenvalue weighted by atomic mass is 16.5. The van der Waals surface area contributed by atoms with Crippen molar-refractivity contribution in [2.24, 2.45) is 0 Å². The molecule has 0 spiro atoms. The summed E-state index contributed by atoms with van der Waals surface area (Å²) in [5.41, 5.74) is 0.525. The molecule has 0 aromatic heterocycles. The molecule has 0 radical (unpaired) electrons. The molecule has 0 aliphatic heterocycles. The maximum absolute atomic E-state index is 11.6. The van der Waals surface area contributed by atoms with Gasteiger partial charge in [-0.25, -0.2) is 0 Å². The minimum absolute atomic E-state index is 0.101. The monoisotopic (exact) mass is 265 g/mol. The molecular weight excluding hydrogens is 250 g/mol. The number of likely N-dealkylation sites (N-methyl/N-ethyl adjacent to an activating group) is 1. The van der Waals surface area contributed by atoms with Gasteiger partial charge in [0.25, 0.3) is 5.91 Å². The van der Waals surface area contributed by atoms with E-state index < -0.39 is 5.97 Å². The third-order valence-corrected chi connectivity index (χ3v) is 2.47. The zero-order chi connectivity index (χ0) is 14.3. The van der Waals surface area contributed by atoms with Gasteiger partial charge in [-0.1, -0.05) is 0 Å². The fourth-order valence-corrected chi connectivity index (χ4v) is 1.29. The average Bonchev–Trinajstić information content (AvgIpc) is 2.42. The molecule has 19 heavy (non-hydrogen) atoms. The average molecular weight is 265 g/mol. The Morgan fingerprint density at radius 1 is 1.32 bits per heavy atom. The molecule has 0 atom stereocenters. The molecule has 6 heteroatoms. The topological polar surface area (TPSA) is 83.9 Å². The Morgan fingerprint density at radius 3 is 2.47 bits per heavy atom. The molecule has 1 aromatic rings. The molecular formula is C13H15NO5. The number of ether oxygens (including phenoxy) is 1. The highest BCUT2D eigenvalue weighted by Gasteiger charge is 2.10. The third kappa shape index (κ3) is 5.20. The molecule has 0 heterocycles. The molecule has 0 saturated carbocycles. The number of hydrogen-bond acceptors (Lipinski definition) is 4. The van der Waals surface area contributed by atoms with Crippen LogP contribution >= 0.6 is 0 Å². The first kappa shape index (κ1) is 14.7. The third-order valence-electron chi connectivity index (χ3n) is 2.47. The van der Waals surface area contributed by atoms with E-state index >= 15 is 0 Å². The molecule has 0 bridgehead atoms. The van der Waals surface area contributed by atoms with Crippen LogP contribution in [0.3, 0.4) is 0 Å². The zero-order valence-corrected chi connectivity index (χ0v) is 10.5. The fraction of sp³-hybridized carbons (Fsp3) is 0.308. The summed E-state index contributed by atoms with van der Waals surface area (Å²) in [4.78, 5) is 33.7. The van der Waals surface area contributed by atoms with Crippen molar-refractivity contribution in [1.82, 2.24) is 4.90 Å². The number of benzene rings is 1. The second-order valence-electron chi connectivity index (χ2n) is 3.93. The fourth-order valence-electron chi connectivity index (χ4n) is 1.29. The van der Waals surface area contributed by atoms with E-state index in [0.717, 1.165) is 0 Å². The van der Waals surface area contributed by atoms with E-state index in [-0.39, 0.29) is 25.5 Å². The lowest BCUT2D eigenvalue weighted by atomic mass is 10.2. The van der Waals surface area contributed by atoms with Gasteiger partial charge in [0.05, 0.1) is 6.42 Å². The quantitative estimate of drug-likeness (QED) is 0.737. The van der Waals surface area contributed by atoms with Crippen LogP contribution in [-0.4, -0.2) is 48.4 Å². The van der Waals surface area contributed by atoms with Crippen LogP contribution in [0.25, 0.3) is 0 Å². The van der Waals surface area contributed by atoms with Gasteiger partial charge in [-0.05, 0) is 24.3 Å². The number of hydrogen-bond donors (Lipinski definition) is 1. The summed E-state index contributed by atoms with van der Waals surface area (Å²) >= 11 is 0. The van der Waals surface area contributed by atoms with Crippen molar-refractivity contribution in [2.75, 3.05) is 20.2 Å². The number of rotatable bonds is 7. The van der Waals surface area contributed by atoms with Crippen LogP contribution in [0.1, 0.15) is 16.8 Å². The van der Waals surface area contributed by atoms with Gasteiger partial charge in [-0.2, -0.15) is 0 Å². The zero-order valence-electron chi connectivity index (χ0n) is 10.5. The van der Waals surface area contributed by atoms with Gasteiger partial charge in [0, 0.05) is 19.2 Å². The van der Waals surface area contributed by atoms with Crippen LogP contribution in [-0.2, 0) is 9.59 Å². The highest BCUT2D eigenvalue weighted by molar-refractivity contribution is 5.78. The Bertz CT molecular complexity index is 455. The van der Waals surface area contributed by atoms with Crippen molar-refractivity contribution in [1.29, 1.82) is 0 Å². The van der Waals surface area contributed by atoms with E-state index in [1.165, 1.54) is 11.9 Å². The van der Waals surface area contributed by atoms with Gasteiger partial charge >= 0.3 is 5.97 Å². The summed E-state index contributed by atoms with van der Waals surface area (Å²) < 4.78 is 5.24. The van der Waals surface area contributed by atoms with Crippen LogP contribution in [0.15, 0.2) is 24.3 Å². The Hall–Kier alpha value is -2.37. The van der Waals surface area contributed by atoms with Crippen LogP contribution in [0.4, 0.5) is 0 Å². The van der Waals surface area contributed by atoms with Crippen LogP contribution in [0.2, 0.25) is 0 Å². The summed E-state index contributed by atoms with van der Waals surface area (Å²) in [5, 5.41) is 8.50. The molecule has 1 rings (SSSR count). The molecule has 1 amide bonds. The smallest absolute Gasteiger partial charge is 0.305 e. The number of carboxylic acid groups (broad SMARTS) is 1. The second-order valence-corrected chi connectivity index (χ2v) is 3.93. The summed E-state index contributed by atoms with van der Waals surface area (Å²) in [5.74, 6) is -0.781. The lowest BCUT2D eigenvalue weighted by Crippen LogP contribution is -2.33. The van der Waals surface area contributed by atoms with Crippen molar-refractivity contribution in [2.45, 2.75) is 6.42 Å². The van der Waals surface area contributed by atoms with Gasteiger partial charge in [0.15, 0.2) is 6.61 Å². The van der Waals surface area contributed by atoms with Gasteiger partial charge in [0.2, 0.25) is 0 Å². The minimum Gasteiger partial charge on any atom is -0.484 e. The molecule has 0 saturated heterocycles. The lowest BCUT2D eigenvalue weighted by molar-refractivity contribution is -0.138. The molecule has 0 unspecified atom stereocenters. The first-order valence-corrected chi connectivity index (χ1v) is 5.66. The highest BCUT2D eigenvalue weighted by Crippen LogP contribution is 2.11. The summed E-state index contributed by atoms with van der Waals surface area (Å²) in [6, 6.07) is 6.35. The molecule has 6 nitrogen and oxygen atoms in total. The molecule has 1 N–H and O–H groups in total. The number of amides is 1. The normalized spacial score (nSPS) is 9.74. The van der Waals surface area contributed by atoms with Gasteiger partial charge < -0.3 is 14.7 Å².